The van der Waals surface area contributed by atoms with Gasteiger partial charge in [-0.2, -0.15) is 0 Å². The van der Waals surface area contributed by atoms with Crippen molar-refractivity contribution in [3.63, 3.8) is 0 Å². The van der Waals surface area contributed by atoms with Crippen LogP contribution in [0.4, 0.5) is 8.78 Å². The van der Waals surface area contributed by atoms with Crippen molar-refractivity contribution in [3.8, 4) is 11.5 Å². The maximum Gasteiger partial charge on any atom is 0.316 e. The number of hydrogen-bond acceptors (Lipinski definition) is 6. The predicted octanol–water partition coefficient (Wildman–Crippen LogP) is 9.53. The van der Waals surface area contributed by atoms with E-state index in [0.29, 0.717) is 32.1 Å². The Morgan fingerprint density at radius 1 is 0.731 bits per heavy atom. The number of esters is 2. The third-order valence-electron chi connectivity index (χ3n) is 13.8. The molecular formula is C44H62F2N2O4. The predicted molar refractivity (Wildman–Crippen MR) is 201 cm³/mol. The Balaban J connectivity index is 1.05. The van der Waals surface area contributed by atoms with Crippen LogP contribution in [0.3, 0.4) is 0 Å². The number of nitrogens with two attached hydrogens (primary N) is 2. The summed E-state index contributed by atoms with van der Waals surface area (Å²) in [6.45, 7) is 12.0. The Hall–Kier alpha value is -2.84. The highest BCUT2D eigenvalue weighted by Gasteiger charge is 2.46. The summed E-state index contributed by atoms with van der Waals surface area (Å²) in [5, 5.41) is 0. The molecule has 0 aromatic heterocycles. The number of halogens is 2. The minimum Gasteiger partial charge on any atom is -0.426 e. The van der Waals surface area contributed by atoms with Gasteiger partial charge in [0.15, 0.2) is 0 Å². The Kier molecular flexibility index (Phi) is 11.0. The van der Waals surface area contributed by atoms with Gasteiger partial charge in [0.25, 0.3) is 0 Å². The lowest BCUT2D eigenvalue weighted by Gasteiger charge is -2.47. The molecule has 0 spiro atoms. The van der Waals surface area contributed by atoms with Gasteiger partial charge in [-0.1, -0.05) is 72.6 Å². The van der Waals surface area contributed by atoms with Crippen molar-refractivity contribution < 1.29 is 27.8 Å². The summed E-state index contributed by atoms with van der Waals surface area (Å²) in [6, 6.07) is 6.32. The van der Waals surface area contributed by atoms with E-state index in [9.17, 15) is 9.59 Å². The van der Waals surface area contributed by atoms with Crippen molar-refractivity contribution in [1.29, 1.82) is 0 Å². The first kappa shape index (κ1) is 38.9. The number of benzene rings is 2. The Morgan fingerprint density at radius 2 is 1.21 bits per heavy atom. The van der Waals surface area contributed by atoms with E-state index in [1.54, 1.807) is 0 Å². The van der Waals surface area contributed by atoms with Crippen molar-refractivity contribution in [3.05, 3.63) is 58.2 Å². The van der Waals surface area contributed by atoms with Gasteiger partial charge in [-0.15, -0.1) is 0 Å². The zero-order valence-electron chi connectivity index (χ0n) is 32.5. The smallest absolute Gasteiger partial charge is 0.316 e. The van der Waals surface area contributed by atoms with E-state index in [1.165, 1.54) is 12.1 Å². The molecule has 52 heavy (non-hydrogen) atoms. The van der Waals surface area contributed by atoms with E-state index < -0.39 is 22.8 Å². The lowest BCUT2D eigenvalue weighted by molar-refractivity contribution is -0.144. The van der Waals surface area contributed by atoms with Crippen LogP contribution in [0, 0.1) is 34.3 Å². The normalized spacial score (nSPS) is 29.0. The number of carbonyl (C=O) groups is 2. The van der Waals surface area contributed by atoms with Gasteiger partial charge in [-0.05, 0) is 117 Å². The molecule has 4 aliphatic rings. The third kappa shape index (κ3) is 7.71. The molecule has 0 unspecified atom stereocenters. The van der Waals surface area contributed by atoms with Crippen molar-refractivity contribution in [2.45, 2.75) is 167 Å². The minimum atomic E-state index is -0.831. The van der Waals surface area contributed by atoms with Crippen LogP contribution >= 0.6 is 0 Å². The maximum atomic E-state index is 15.6. The van der Waals surface area contributed by atoms with Crippen LogP contribution in [-0.4, -0.2) is 24.0 Å². The van der Waals surface area contributed by atoms with Crippen molar-refractivity contribution in [1.82, 2.24) is 0 Å². The number of fused-ring (bicyclic) bond motifs is 8. The molecule has 0 aliphatic heterocycles. The van der Waals surface area contributed by atoms with Gasteiger partial charge in [0, 0.05) is 35.0 Å². The molecule has 2 aromatic carbocycles. The van der Waals surface area contributed by atoms with Crippen molar-refractivity contribution in [2.75, 3.05) is 0 Å². The van der Waals surface area contributed by atoms with Crippen molar-refractivity contribution >= 4 is 11.9 Å². The molecule has 0 amide bonds. The zero-order chi connectivity index (χ0) is 37.6. The van der Waals surface area contributed by atoms with E-state index in [1.807, 2.05) is 39.8 Å². The van der Waals surface area contributed by atoms with Gasteiger partial charge in [0.2, 0.25) is 0 Å². The van der Waals surface area contributed by atoms with Gasteiger partial charge >= 0.3 is 11.9 Å². The van der Waals surface area contributed by atoms with E-state index in [-0.39, 0.29) is 64.3 Å². The number of rotatable bonds is 9. The summed E-state index contributed by atoms with van der Waals surface area (Å²) in [6.07, 6.45) is 13.7. The fourth-order valence-corrected chi connectivity index (χ4v) is 10.3. The van der Waals surface area contributed by atoms with E-state index in [2.05, 4.69) is 13.8 Å². The molecule has 8 heteroatoms. The molecule has 6 rings (SSSR count). The highest BCUT2D eigenvalue weighted by Crippen LogP contribution is 2.49. The lowest BCUT2D eigenvalue weighted by atomic mass is 9.60. The van der Waals surface area contributed by atoms with Crippen LogP contribution in [-0.2, 0) is 33.3 Å². The maximum absolute atomic E-state index is 15.6. The zero-order valence-corrected chi connectivity index (χ0v) is 32.5. The number of ether oxygens (including phenoxy) is 2. The molecule has 0 radical (unpaired) electrons. The fourth-order valence-electron chi connectivity index (χ4n) is 10.3. The van der Waals surface area contributed by atoms with Gasteiger partial charge in [0.05, 0.1) is 11.8 Å². The second-order valence-electron chi connectivity index (χ2n) is 18.8. The number of carbonyl (C=O) groups excluding carboxylic acids is 2. The summed E-state index contributed by atoms with van der Waals surface area (Å²) < 4.78 is 42.8. The SMILES string of the molecule is CC(C)(CCCC(C)(C)C(=O)Oc1cc(F)c2c(c1)[C@@]1(C)CCCCC[C@@H](C2)[C@@H]1N)CC(=O)Oc1cc(F)c2c(c1)[C@@]1(C)CCCCC[C@@H](C2)[C@@H]1N. The first-order chi connectivity index (χ1) is 24.4. The average Bonchev–Trinajstić information content (AvgIpc) is 3.05. The van der Waals surface area contributed by atoms with Crippen LogP contribution in [0.5, 0.6) is 11.5 Å². The molecule has 2 saturated carbocycles. The van der Waals surface area contributed by atoms with Gasteiger partial charge in [-0.3, -0.25) is 9.59 Å². The van der Waals surface area contributed by atoms with Crippen LogP contribution in [0.2, 0.25) is 0 Å². The van der Waals surface area contributed by atoms with Gasteiger partial charge in [0.1, 0.15) is 23.1 Å². The Morgan fingerprint density at radius 3 is 1.71 bits per heavy atom. The molecule has 6 nitrogen and oxygen atoms in total. The standard InChI is InChI=1S/C44H62F2N2O4/c1-41(2,26-37(49)51-29-22-33-31(35(45)24-29)20-27-14-9-7-11-18-43(33,5)38(27)47)16-13-17-42(3,4)40(50)52-30-23-34-32(36(46)25-30)21-28-15-10-8-12-19-44(34,6)39(28)48/h22-25,27-28,38-39H,7-21,26,47-48H2,1-6H3/t27-,28-,38-,39-,43+,44+/m0/s1. The molecule has 2 fully saturated rings. The quantitative estimate of drug-likeness (QED) is 0.198. The van der Waals surface area contributed by atoms with Gasteiger partial charge in [-0.25, -0.2) is 8.78 Å². The second kappa shape index (κ2) is 14.8. The molecule has 6 atom stereocenters. The topological polar surface area (TPSA) is 105 Å². The van der Waals surface area contributed by atoms with E-state index in [0.717, 1.165) is 86.5 Å². The molecular weight excluding hydrogens is 658 g/mol. The summed E-state index contributed by atoms with van der Waals surface area (Å²) in [5.41, 5.74) is 14.9. The molecule has 0 saturated heterocycles. The van der Waals surface area contributed by atoms with Crippen LogP contribution in [0.1, 0.15) is 154 Å². The van der Waals surface area contributed by atoms with Gasteiger partial charge < -0.3 is 20.9 Å². The molecule has 4 bridgehead atoms. The second-order valence-corrected chi connectivity index (χ2v) is 18.8. The lowest BCUT2D eigenvalue weighted by Crippen LogP contribution is -2.53. The summed E-state index contributed by atoms with van der Waals surface area (Å²) >= 11 is 0. The minimum absolute atomic E-state index is 0.0541. The fraction of sp³-hybridized carbons (Fsp3) is 0.682. The molecule has 2 aromatic rings. The first-order valence-electron chi connectivity index (χ1n) is 20.0. The van der Waals surface area contributed by atoms with Crippen LogP contribution in [0.15, 0.2) is 24.3 Å². The number of hydrogen-bond donors (Lipinski definition) is 2. The first-order valence-corrected chi connectivity index (χ1v) is 20.0. The van der Waals surface area contributed by atoms with E-state index in [4.69, 9.17) is 20.9 Å². The summed E-state index contributed by atoms with van der Waals surface area (Å²) in [4.78, 5) is 26.7. The molecule has 0 heterocycles. The monoisotopic (exact) mass is 720 g/mol. The third-order valence-corrected chi connectivity index (χ3v) is 13.8. The summed E-state index contributed by atoms with van der Waals surface area (Å²) in [7, 11) is 0. The molecule has 286 valence electrons. The molecule has 4 aliphatic carbocycles. The van der Waals surface area contributed by atoms with Crippen LogP contribution in [0.25, 0.3) is 0 Å². The van der Waals surface area contributed by atoms with E-state index >= 15 is 8.78 Å². The summed E-state index contributed by atoms with van der Waals surface area (Å²) in [5.74, 6) is -0.479. The largest absolute Gasteiger partial charge is 0.426 e. The average molecular weight is 721 g/mol. The Bertz CT molecular complexity index is 1670. The van der Waals surface area contributed by atoms with Crippen molar-refractivity contribution in [2.24, 2.45) is 34.1 Å². The Labute approximate surface area is 310 Å². The molecule has 4 N–H and O–H groups in total. The highest BCUT2D eigenvalue weighted by molar-refractivity contribution is 5.78. The highest BCUT2D eigenvalue weighted by atomic mass is 19.1. The van der Waals surface area contributed by atoms with Crippen LogP contribution < -0.4 is 20.9 Å².